The van der Waals surface area contributed by atoms with E-state index in [1.165, 1.54) is 0 Å². The largest absolute Gasteiger partial charge is 0.383 e. The Kier molecular flexibility index (Phi) is 5.35. The van der Waals surface area contributed by atoms with Crippen LogP contribution < -0.4 is 10.2 Å². The number of ether oxygens (including phenoxy) is 2. The Morgan fingerprint density at radius 2 is 2.03 bits per heavy atom. The first-order valence-corrected chi connectivity index (χ1v) is 10.7. The van der Waals surface area contributed by atoms with Crippen LogP contribution in [-0.4, -0.2) is 81.2 Å². The van der Waals surface area contributed by atoms with Crippen molar-refractivity contribution in [1.29, 1.82) is 0 Å². The smallest absolute Gasteiger partial charge is 0.203 e. The molecule has 0 unspecified atom stereocenters. The molecule has 1 N–H and O–H groups in total. The van der Waals surface area contributed by atoms with Crippen LogP contribution in [0.3, 0.4) is 0 Å². The summed E-state index contributed by atoms with van der Waals surface area (Å²) < 4.78 is 15.1. The number of imidazole rings is 1. The average Bonchev–Trinajstić information content (AvgIpc) is 3.39. The molecule has 0 radical (unpaired) electrons. The molecule has 1 aliphatic heterocycles. The number of fused-ring (bicyclic) bond motifs is 2. The third kappa shape index (κ3) is 3.43. The van der Waals surface area contributed by atoms with Crippen molar-refractivity contribution in [2.45, 2.75) is 19.9 Å². The lowest BCUT2D eigenvalue weighted by molar-refractivity contribution is 0.122. The van der Waals surface area contributed by atoms with Crippen LogP contribution in [-0.2, 0) is 9.47 Å². The number of rotatable bonds is 6. The maximum Gasteiger partial charge on any atom is 0.203 e. The molecule has 5 heterocycles. The Balaban J connectivity index is 1.71. The van der Waals surface area contributed by atoms with Crippen molar-refractivity contribution in [3.05, 3.63) is 24.3 Å². The molecule has 0 saturated carbocycles. The highest BCUT2D eigenvalue weighted by Crippen LogP contribution is 2.31. The molecule has 0 spiro atoms. The Morgan fingerprint density at radius 3 is 2.78 bits per heavy atom. The number of nitrogens with zero attached hydrogens (tertiary/aromatic N) is 8. The van der Waals surface area contributed by atoms with Gasteiger partial charge < -0.3 is 24.3 Å². The Labute approximate surface area is 185 Å². The van der Waals surface area contributed by atoms with E-state index < -0.39 is 0 Å². The van der Waals surface area contributed by atoms with E-state index in [-0.39, 0.29) is 6.04 Å². The number of morpholine rings is 1. The average molecular weight is 438 g/mol. The van der Waals surface area contributed by atoms with Crippen molar-refractivity contribution >= 4 is 28.3 Å². The number of pyridine rings is 1. The van der Waals surface area contributed by atoms with E-state index in [9.17, 15) is 0 Å². The van der Waals surface area contributed by atoms with Crippen molar-refractivity contribution < 1.29 is 9.47 Å². The van der Waals surface area contributed by atoms with Crippen LogP contribution >= 0.6 is 0 Å². The topological polar surface area (TPSA) is 108 Å². The maximum absolute atomic E-state index is 5.49. The standard InChI is InChI=1S/C21H27N9O2/c1-13(12-31-4)30-17-9-18(28-5-7-32-8-6-28)23-10-15(17)25-20(30)16-11-29-14(2)26-27-21(29)19(22-3)24-16/h9-11,13H,5-8,12H2,1-4H3,(H,22,24)/t13-/m0/s1. The summed E-state index contributed by atoms with van der Waals surface area (Å²) in [5.41, 5.74) is 3.21. The zero-order valence-electron chi connectivity index (χ0n) is 18.7. The van der Waals surface area contributed by atoms with Crippen LogP contribution in [0.2, 0.25) is 0 Å². The van der Waals surface area contributed by atoms with Crippen molar-refractivity contribution in [3.8, 4) is 11.5 Å². The fourth-order valence-corrected chi connectivity index (χ4v) is 4.18. The van der Waals surface area contributed by atoms with Crippen molar-refractivity contribution in [3.63, 3.8) is 0 Å². The highest BCUT2D eigenvalue weighted by atomic mass is 16.5. The predicted molar refractivity (Wildman–Crippen MR) is 121 cm³/mol. The summed E-state index contributed by atoms with van der Waals surface area (Å²) in [6, 6.07) is 2.14. The zero-order valence-corrected chi connectivity index (χ0v) is 18.7. The molecule has 4 aromatic heterocycles. The Bertz CT molecular complexity index is 1260. The molecule has 0 aliphatic carbocycles. The number of aromatic nitrogens is 7. The van der Waals surface area contributed by atoms with Gasteiger partial charge >= 0.3 is 0 Å². The van der Waals surface area contributed by atoms with Gasteiger partial charge in [-0.2, -0.15) is 0 Å². The first-order valence-electron chi connectivity index (χ1n) is 10.7. The van der Waals surface area contributed by atoms with Crippen LogP contribution in [0, 0.1) is 6.92 Å². The molecule has 11 nitrogen and oxygen atoms in total. The van der Waals surface area contributed by atoms with Crippen molar-refractivity contribution in [2.75, 3.05) is 57.3 Å². The van der Waals surface area contributed by atoms with Gasteiger partial charge in [0.2, 0.25) is 5.65 Å². The second-order valence-corrected chi connectivity index (χ2v) is 7.91. The normalized spacial score (nSPS) is 15.6. The highest BCUT2D eigenvalue weighted by Gasteiger charge is 2.22. The number of aryl methyl sites for hydroxylation is 1. The lowest BCUT2D eigenvalue weighted by Crippen LogP contribution is -2.36. The van der Waals surface area contributed by atoms with Gasteiger partial charge in [-0.15, -0.1) is 10.2 Å². The Morgan fingerprint density at radius 1 is 1.22 bits per heavy atom. The molecule has 1 aliphatic rings. The lowest BCUT2D eigenvalue weighted by atomic mass is 10.3. The molecule has 168 valence electrons. The number of anilines is 2. The second-order valence-electron chi connectivity index (χ2n) is 7.91. The third-order valence-corrected chi connectivity index (χ3v) is 5.77. The van der Waals surface area contributed by atoms with Gasteiger partial charge in [-0.1, -0.05) is 0 Å². The monoisotopic (exact) mass is 437 g/mol. The predicted octanol–water partition coefficient (Wildman–Crippen LogP) is 1.93. The van der Waals surface area contributed by atoms with Crippen LogP contribution in [0.15, 0.2) is 18.5 Å². The lowest BCUT2D eigenvalue weighted by Gasteiger charge is -2.28. The van der Waals surface area contributed by atoms with Crippen molar-refractivity contribution in [2.24, 2.45) is 0 Å². The first kappa shape index (κ1) is 20.6. The van der Waals surface area contributed by atoms with E-state index in [1.807, 2.05) is 30.8 Å². The summed E-state index contributed by atoms with van der Waals surface area (Å²) in [6.07, 6.45) is 3.76. The van der Waals surface area contributed by atoms with Gasteiger partial charge in [-0.3, -0.25) is 4.40 Å². The van der Waals surface area contributed by atoms with Gasteiger partial charge in [0.25, 0.3) is 0 Å². The fraction of sp³-hybridized carbons (Fsp3) is 0.476. The molecule has 4 aromatic rings. The molecule has 1 fully saturated rings. The van der Waals surface area contributed by atoms with Gasteiger partial charge in [0, 0.05) is 39.5 Å². The van der Waals surface area contributed by atoms with Crippen LogP contribution in [0.5, 0.6) is 0 Å². The van der Waals surface area contributed by atoms with Crippen LogP contribution in [0.25, 0.3) is 28.2 Å². The van der Waals surface area contributed by atoms with Gasteiger partial charge in [0.1, 0.15) is 22.9 Å². The summed E-state index contributed by atoms with van der Waals surface area (Å²) in [4.78, 5) is 16.7. The number of nitrogens with one attached hydrogen (secondary N) is 1. The van der Waals surface area contributed by atoms with E-state index in [1.54, 1.807) is 7.11 Å². The molecule has 1 atom stereocenters. The molecular formula is C21H27N9O2. The number of methoxy groups -OCH3 is 1. The molecule has 11 heteroatoms. The van der Waals surface area contributed by atoms with E-state index >= 15 is 0 Å². The Hall–Kier alpha value is -3.31. The van der Waals surface area contributed by atoms with E-state index in [2.05, 4.69) is 43.0 Å². The van der Waals surface area contributed by atoms with Gasteiger partial charge in [0.15, 0.2) is 11.6 Å². The summed E-state index contributed by atoms with van der Waals surface area (Å²) in [5, 5.41) is 11.6. The molecule has 32 heavy (non-hydrogen) atoms. The van der Waals surface area contributed by atoms with Gasteiger partial charge in [-0.25, -0.2) is 15.0 Å². The van der Waals surface area contributed by atoms with Gasteiger partial charge in [0.05, 0.1) is 37.6 Å². The third-order valence-electron chi connectivity index (χ3n) is 5.77. The fourth-order valence-electron chi connectivity index (χ4n) is 4.18. The minimum absolute atomic E-state index is 0.0393. The molecule has 0 aromatic carbocycles. The summed E-state index contributed by atoms with van der Waals surface area (Å²) >= 11 is 0. The minimum Gasteiger partial charge on any atom is -0.383 e. The molecule has 0 bridgehead atoms. The van der Waals surface area contributed by atoms with E-state index in [0.29, 0.717) is 31.3 Å². The SMILES string of the molecule is CNc1nc(-c2nc3cnc(N4CCOCC4)cc3n2[C@@H](C)COC)cn2c(C)nnc12. The van der Waals surface area contributed by atoms with E-state index in [0.717, 1.165) is 47.3 Å². The first-order chi connectivity index (χ1) is 15.6. The van der Waals surface area contributed by atoms with E-state index in [4.69, 9.17) is 19.4 Å². The number of hydrogen-bond acceptors (Lipinski definition) is 9. The summed E-state index contributed by atoms with van der Waals surface area (Å²) in [7, 11) is 3.53. The zero-order chi connectivity index (χ0) is 22.2. The van der Waals surface area contributed by atoms with Crippen molar-refractivity contribution in [1.82, 2.24) is 34.1 Å². The highest BCUT2D eigenvalue weighted by molar-refractivity contribution is 5.82. The summed E-state index contributed by atoms with van der Waals surface area (Å²) in [6.45, 7) is 7.63. The summed E-state index contributed by atoms with van der Waals surface area (Å²) in [5.74, 6) is 3.10. The quantitative estimate of drug-likeness (QED) is 0.484. The molecular weight excluding hydrogens is 410 g/mol. The minimum atomic E-state index is 0.0393. The number of hydrogen-bond donors (Lipinski definition) is 1. The van der Waals surface area contributed by atoms with Crippen LogP contribution in [0.4, 0.5) is 11.6 Å². The van der Waals surface area contributed by atoms with Gasteiger partial charge in [-0.05, 0) is 13.8 Å². The molecule has 0 amide bonds. The molecule has 5 rings (SSSR count). The maximum atomic E-state index is 5.49. The van der Waals surface area contributed by atoms with Crippen LogP contribution in [0.1, 0.15) is 18.8 Å². The molecule has 1 saturated heterocycles. The second kappa shape index (κ2) is 8.32.